The van der Waals surface area contributed by atoms with Gasteiger partial charge in [0.2, 0.25) is 5.91 Å². The molecule has 98 valence electrons. The van der Waals surface area contributed by atoms with Crippen molar-refractivity contribution >= 4 is 18.1 Å². The van der Waals surface area contributed by atoms with Crippen LogP contribution < -0.4 is 10.2 Å². The van der Waals surface area contributed by atoms with E-state index in [1.807, 2.05) is 11.8 Å². The number of nitrogens with one attached hydrogen (secondary N) is 1. The van der Waals surface area contributed by atoms with Crippen LogP contribution in [0.2, 0.25) is 0 Å². The highest BCUT2D eigenvalue weighted by atomic mass is 16.5. The van der Waals surface area contributed by atoms with Crippen molar-refractivity contribution in [3.05, 3.63) is 17.9 Å². The molecule has 1 aliphatic rings. The number of aldehydes is 1. The zero-order valence-electron chi connectivity index (χ0n) is 10.2. The molecule has 18 heavy (non-hydrogen) atoms. The lowest BCUT2D eigenvalue weighted by atomic mass is 10.2. The number of rotatable bonds is 4. The smallest absolute Gasteiger partial charge is 0.245 e. The third-order valence-electron chi connectivity index (χ3n) is 2.79. The molecule has 1 unspecified atom stereocenters. The van der Waals surface area contributed by atoms with E-state index < -0.39 is 6.04 Å². The molecule has 1 amide bonds. The molecule has 0 aliphatic carbocycles. The lowest BCUT2D eigenvalue weighted by Gasteiger charge is -2.34. The van der Waals surface area contributed by atoms with Crippen molar-refractivity contribution in [3.63, 3.8) is 0 Å². The highest BCUT2D eigenvalue weighted by molar-refractivity contribution is 5.85. The first kappa shape index (κ1) is 12.6. The van der Waals surface area contributed by atoms with E-state index in [1.165, 1.54) is 0 Å². The lowest BCUT2D eigenvalue weighted by Crippen LogP contribution is -2.54. The number of carbonyl (C=O) groups is 2. The molecular weight excluding hydrogens is 236 g/mol. The molecule has 0 spiro atoms. The molecule has 2 heterocycles. The number of hydrogen-bond donors (Lipinski definition) is 1. The van der Waals surface area contributed by atoms with Crippen molar-refractivity contribution in [2.45, 2.75) is 13.0 Å². The minimum absolute atomic E-state index is 0.0961. The first-order chi connectivity index (χ1) is 8.76. The third kappa shape index (κ3) is 2.53. The second-order valence-electron chi connectivity index (χ2n) is 3.97. The number of amides is 1. The number of nitrogens with zero attached hydrogens (tertiary/aromatic N) is 1. The Morgan fingerprint density at radius 1 is 1.61 bits per heavy atom. The monoisotopic (exact) mass is 252 g/mol. The van der Waals surface area contributed by atoms with Gasteiger partial charge in [-0.2, -0.15) is 0 Å². The van der Waals surface area contributed by atoms with E-state index in [0.29, 0.717) is 38.5 Å². The molecule has 1 aromatic rings. The van der Waals surface area contributed by atoms with Crippen LogP contribution in [0.3, 0.4) is 0 Å². The predicted octanol–water partition coefficient (Wildman–Crippen LogP) is 0.433. The summed E-state index contributed by atoms with van der Waals surface area (Å²) < 4.78 is 10.7. The number of furan rings is 1. The van der Waals surface area contributed by atoms with Crippen molar-refractivity contribution < 1.29 is 18.7 Å². The van der Waals surface area contributed by atoms with Gasteiger partial charge >= 0.3 is 0 Å². The van der Waals surface area contributed by atoms with Crippen LogP contribution in [0.1, 0.15) is 17.5 Å². The SMILES string of the molecule is CCNC(=O)C1COCCN1c1ccc(C=O)o1. The van der Waals surface area contributed by atoms with Gasteiger partial charge in [-0.1, -0.05) is 0 Å². The number of hydrogen-bond acceptors (Lipinski definition) is 5. The molecule has 2 rings (SSSR count). The fourth-order valence-electron chi connectivity index (χ4n) is 1.94. The van der Waals surface area contributed by atoms with Crippen LogP contribution in [0.15, 0.2) is 16.5 Å². The Balaban J connectivity index is 2.16. The van der Waals surface area contributed by atoms with Gasteiger partial charge < -0.3 is 19.4 Å². The fourth-order valence-corrected chi connectivity index (χ4v) is 1.94. The van der Waals surface area contributed by atoms with E-state index in [0.717, 1.165) is 0 Å². The molecule has 6 nitrogen and oxygen atoms in total. The summed E-state index contributed by atoms with van der Waals surface area (Å²) in [7, 11) is 0. The molecule has 1 atom stereocenters. The fraction of sp³-hybridized carbons (Fsp3) is 0.500. The van der Waals surface area contributed by atoms with Crippen LogP contribution in [-0.2, 0) is 9.53 Å². The molecular formula is C12H16N2O4. The third-order valence-corrected chi connectivity index (χ3v) is 2.79. The van der Waals surface area contributed by atoms with Crippen molar-refractivity contribution in [2.75, 3.05) is 31.2 Å². The molecule has 0 radical (unpaired) electrons. The Hall–Kier alpha value is -1.82. The summed E-state index contributed by atoms with van der Waals surface area (Å²) in [6, 6.07) is 2.87. The van der Waals surface area contributed by atoms with Gasteiger partial charge in [-0.25, -0.2) is 0 Å². The van der Waals surface area contributed by atoms with Crippen molar-refractivity contribution in [1.82, 2.24) is 5.32 Å². The van der Waals surface area contributed by atoms with E-state index in [-0.39, 0.29) is 11.7 Å². The van der Waals surface area contributed by atoms with Crippen LogP contribution in [-0.4, -0.2) is 44.5 Å². The molecule has 1 aliphatic heterocycles. The van der Waals surface area contributed by atoms with E-state index >= 15 is 0 Å². The molecule has 0 bridgehead atoms. The van der Waals surface area contributed by atoms with Gasteiger partial charge in [0.25, 0.3) is 0 Å². The van der Waals surface area contributed by atoms with Gasteiger partial charge in [0.1, 0.15) is 6.04 Å². The molecule has 1 saturated heterocycles. The molecule has 1 aromatic heterocycles. The number of ether oxygens (including phenoxy) is 1. The molecule has 1 fully saturated rings. The molecule has 0 aromatic carbocycles. The Kier molecular flexibility index (Phi) is 3.99. The normalized spacial score (nSPS) is 19.6. The minimum atomic E-state index is -0.413. The predicted molar refractivity (Wildman–Crippen MR) is 64.7 cm³/mol. The zero-order valence-corrected chi connectivity index (χ0v) is 10.2. The van der Waals surface area contributed by atoms with Crippen LogP contribution in [0.5, 0.6) is 0 Å². The number of carbonyl (C=O) groups excluding carboxylic acids is 2. The maximum absolute atomic E-state index is 11.9. The lowest BCUT2D eigenvalue weighted by molar-refractivity contribution is -0.124. The van der Waals surface area contributed by atoms with Gasteiger partial charge in [0, 0.05) is 19.2 Å². The summed E-state index contributed by atoms with van der Waals surface area (Å²) in [6.07, 6.45) is 0.644. The minimum Gasteiger partial charge on any atom is -0.438 e. The largest absolute Gasteiger partial charge is 0.438 e. The van der Waals surface area contributed by atoms with E-state index in [9.17, 15) is 9.59 Å². The summed E-state index contributed by atoms with van der Waals surface area (Å²) in [5.74, 6) is 0.684. The molecule has 6 heteroatoms. The van der Waals surface area contributed by atoms with Crippen molar-refractivity contribution in [2.24, 2.45) is 0 Å². The summed E-state index contributed by atoms with van der Waals surface area (Å²) in [5, 5.41) is 2.76. The van der Waals surface area contributed by atoms with Crippen LogP contribution in [0.25, 0.3) is 0 Å². The molecule has 1 N–H and O–H groups in total. The quantitative estimate of drug-likeness (QED) is 0.787. The highest BCUT2D eigenvalue weighted by Gasteiger charge is 2.30. The zero-order chi connectivity index (χ0) is 13.0. The summed E-state index contributed by atoms with van der Waals surface area (Å²) >= 11 is 0. The number of likely N-dealkylation sites (N-methyl/N-ethyl adjacent to an activating group) is 1. The Morgan fingerprint density at radius 2 is 2.44 bits per heavy atom. The Bertz CT molecular complexity index is 429. The molecule has 0 saturated carbocycles. The standard InChI is InChI=1S/C12H16N2O4/c1-2-13-12(16)10-8-17-6-5-14(10)11-4-3-9(7-15)18-11/h3-4,7,10H,2,5-6,8H2,1H3,(H,13,16). The van der Waals surface area contributed by atoms with Crippen molar-refractivity contribution in [1.29, 1.82) is 0 Å². The van der Waals surface area contributed by atoms with E-state index in [2.05, 4.69) is 5.32 Å². The van der Waals surface area contributed by atoms with Gasteiger partial charge in [-0.3, -0.25) is 9.59 Å². The Labute approximate surface area is 105 Å². The van der Waals surface area contributed by atoms with Gasteiger partial charge in [-0.05, 0) is 13.0 Å². The summed E-state index contributed by atoms with van der Waals surface area (Å²) in [5.41, 5.74) is 0. The Morgan fingerprint density at radius 3 is 3.11 bits per heavy atom. The van der Waals surface area contributed by atoms with Crippen LogP contribution in [0, 0.1) is 0 Å². The number of morpholine rings is 1. The van der Waals surface area contributed by atoms with Gasteiger partial charge in [0.15, 0.2) is 17.9 Å². The topological polar surface area (TPSA) is 71.8 Å². The van der Waals surface area contributed by atoms with Gasteiger partial charge in [-0.15, -0.1) is 0 Å². The maximum atomic E-state index is 11.9. The van der Waals surface area contributed by atoms with Crippen LogP contribution in [0.4, 0.5) is 5.88 Å². The second-order valence-corrected chi connectivity index (χ2v) is 3.97. The highest BCUT2D eigenvalue weighted by Crippen LogP contribution is 2.22. The first-order valence-electron chi connectivity index (χ1n) is 5.93. The van der Waals surface area contributed by atoms with Crippen molar-refractivity contribution in [3.8, 4) is 0 Å². The first-order valence-corrected chi connectivity index (χ1v) is 5.93. The van der Waals surface area contributed by atoms with Crippen LogP contribution >= 0.6 is 0 Å². The average Bonchev–Trinajstić information content (AvgIpc) is 2.87. The summed E-state index contributed by atoms with van der Waals surface area (Å²) in [4.78, 5) is 24.3. The number of anilines is 1. The van der Waals surface area contributed by atoms with E-state index in [4.69, 9.17) is 9.15 Å². The van der Waals surface area contributed by atoms with Gasteiger partial charge in [0.05, 0.1) is 13.2 Å². The summed E-state index contributed by atoms with van der Waals surface area (Å²) in [6.45, 7) is 3.85. The average molecular weight is 252 g/mol. The second kappa shape index (κ2) is 5.68. The van der Waals surface area contributed by atoms with E-state index in [1.54, 1.807) is 12.1 Å². The maximum Gasteiger partial charge on any atom is 0.245 e.